The fourth-order valence-electron chi connectivity index (χ4n) is 4.39. The molecule has 1 saturated heterocycles. The van der Waals surface area contributed by atoms with Crippen molar-refractivity contribution in [2.24, 2.45) is 0 Å². The van der Waals surface area contributed by atoms with Crippen molar-refractivity contribution in [2.75, 3.05) is 0 Å². The Morgan fingerprint density at radius 1 is 1.00 bits per heavy atom. The molecule has 2 aliphatic heterocycles. The molecule has 0 unspecified atom stereocenters. The third-order valence-corrected chi connectivity index (χ3v) is 7.20. The van der Waals surface area contributed by atoms with E-state index in [9.17, 15) is 4.79 Å². The molecule has 0 bridgehead atoms. The molecular weight excluding hydrogens is 399 g/mol. The fraction of sp³-hybridized carbons (Fsp3) is 0.391. The smallest absolute Gasteiger partial charge is 0.399 e. The molecule has 154 valence electrons. The molecule has 7 heteroatoms. The second kappa shape index (κ2) is 5.97. The highest BCUT2D eigenvalue weighted by molar-refractivity contribution is 6.62. The van der Waals surface area contributed by atoms with Gasteiger partial charge in [0.05, 0.1) is 38.2 Å². The van der Waals surface area contributed by atoms with Gasteiger partial charge in [0.15, 0.2) is 0 Å². The number of benzene rings is 2. The summed E-state index contributed by atoms with van der Waals surface area (Å²) in [5, 5.41) is 0.863. The van der Waals surface area contributed by atoms with Crippen LogP contribution in [0, 0.1) is 0 Å². The van der Waals surface area contributed by atoms with Crippen molar-refractivity contribution in [2.45, 2.75) is 58.2 Å². The molecule has 1 aromatic heterocycles. The molecular formula is C23H24BClN2O3. The molecule has 0 N–H and O–H groups in total. The van der Waals surface area contributed by atoms with Crippen molar-refractivity contribution in [1.82, 2.24) is 9.55 Å². The maximum atomic E-state index is 12.8. The van der Waals surface area contributed by atoms with Crippen LogP contribution >= 0.6 is 11.6 Å². The van der Waals surface area contributed by atoms with Crippen LogP contribution < -0.4 is 11.0 Å². The Morgan fingerprint density at radius 2 is 1.67 bits per heavy atom. The second-order valence-corrected chi connectivity index (χ2v) is 10.1. The van der Waals surface area contributed by atoms with E-state index in [1.165, 1.54) is 0 Å². The van der Waals surface area contributed by atoms with Gasteiger partial charge in [-0.3, -0.25) is 9.36 Å². The Balaban J connectivity index is 1.71. The van der Waals surface area contributed by atoms with Gasteiger partial charge in [0.2, 0.25) is 0 Å². The number of hydrogen-bond donors (Lipinski definition) is 0. The van der Waals surface area contributed by atoms with Crippen molar-refractivity contribution >= 4 is 35.1 Å². The Morgan fingerprint density at radius 3 is 2.33 bits per heavy atom. The molecule has 0 radical (unpaired) electrons. The van der Waals surface area contributed by atoms with Gasteiger partial charge in [0.1, 0.15) is 5.82 Å². The molecule has 2 aliphatic rings. The van der Waals surface area contributed by atoms with Crippen molar-refractivity contribution in [3.05, 3.63) is 63.2 Å². The van der Waals surface area contributed by atoms with E-state index in [1.807, 2.05) is 50.5 Å². The molecule has 3 aromatic rings. The van der Waals surface area contributed by atoms with Crippen molar-refractivity contribution < 1.29 is 9.31 Å². The van der Waals surface area contributed by atoms with E-state index in [0.29, 0.717) is 16.2 Å². The molecule has 1 fully saturated rings. The average molecular weight is 423 g/mol. The minimum Gasteiger partial charge on any atom is -0.399 e. The lowest BCUT2D eigenvalue weighted by atomic mass is 9.75. The third-order valence-electron chi connectivity index (χ3n) is 6.88. The second-order valence-electron chi connectivity index (χ2n) is 9.70. The monoisotopic (exact) mass is 422 g/mol. The van der Waals surface area contributed by atoms with Gasteiger partial charge in [-0.1, -0.05) is 29.8 Å². The van der Waals surface area contributed by atoms with E-state index in [1.54, 1.807) is 6.07 Å². The molecule has 0 spiro atoms. The molecule has 0 amide bonds. The van der Waals surface area contributed by atoms with Crippen LogP contribution in [0.2, 0.25) is 5.02 Å². The van der Waals surface area contributed by atoms with E-state index in [2.05, 4.69) is 31.0 Å². The van der Waals surface area contributed by atoms with Crippen LogP contribution in [0.1, 0.15) is 52.9 Å². The summed E-state index contributed by atoms with van der Waals surface area (Å²) in [6, 6.07) is 11.7. The molecule has 0 saturated carbocycles. The van der Waals surface area contributed by atoms with Crippen molar-refractivity contribution in [1.29, 1.82) is 0 Å². The summed E-state index contributed by atoms with van der Waals surface area (Å²) < 4.78 is 14.5. The first kappa shape index (κ1) is 19.8. The molecule has 5 nitrogen and oxygen atoms in total. The largest absolute Gasteiger partial charge is 0.494 e. The van der Waals surface area contributed by atoms with Gasteiger partial charge in [-0.2, -0.15) is 4.98 Å². The molecule has 5 rings (SSSR count). The number of nitrogens with zero attached hydrogens (tertiary/aromatic N) is 2. The van der Waals surface area contributed by atoms with Gasteiger partial charge in [-0.15, -0.1) is 0 Å². The number of aromatic nitrogens is 2. The van der Waals surface area contributed by atoms with Gasteiger partial charge >= 0.3 is 7.12 Å². The first-order valence-corrected chi connectivity index (χ1v) is 10.5. The summed E-state index contributed by atoms with van der Waals surface area (Å²) in [5.74, 6) is 0.711. The Kier molecular flexibility index (Phi) is 3.94. The highest BCUT2D eigenvalue weighted by Crippen LogP contribution is 2.43. The first-order chi connectivity index (χ1) is 13.9. The van der Waals surface area contributed by atoms with Crippen LogP contribution in [0.15, 0.2) is 41.2 Å². The Hall–Kier alpha value is -2.15. The normalized spacial score (nSPS) is 20.4. The quantitative estimate of drug-likeness (QED) is 0.557. The SMILES string of the molecule is CC1(C)c2cc(B3OC(C)(C)C(C)(C)O3)ccc2-n2c1nc(=O)c1c(Cl)cccc12. The highest BCUT2D eigenvalue weighted by atomic mass is 35.5. The Bertz CT molecular complexity index is 1260. The van der Waals surface area contributed by atoms with E-state index < -0.39 is 23.7 Å². The summed E-state index contributed by atoms with van der Waals surface area (Å²) in [6.45, 7) is 12.4. The molecule has 0 aliphatic carbocycles. The summed E-state index contributed by atoms with van der Waals surface area (Å²) in [6.07, 6.45) is 0. The zero-order valence-corrected chi connectivity index (χ0v) is 18.8. The summed E-state index contributed by atoms with van der Waals surface area (Å²) in [4.78, 5) is 17.2. The molecule has 3 heterocycles. The average Bonchev–Trinajstić information content (AvgIpc) is 3.01. The Labute approximate surface area is 181 Å². The number of hydrogen-bond acceptors (Lipinski definition) is 4. The van der Waals surface area contributed by atoms with Crippen molar-refractivity contribution in [3.63, 3.8) is 0 Å². The lowest BCUT2D eigenvalue weighted by molar-refractivity contribution is 0.00578. The van der Waals surface area contributed by atoms with Crippen LogP contribution in [-0.4, -0.2) is 27.9 Å². The minimum atomic E-state index is -0.454. The van der Waals surface area contributed by atoms with Crippen LogP contribution in [0.5, 0.6) is 0 Å². The lowest BCUT2D eigenvalue weighted by Gasteiger charge is -2.32. The zero-order valence-electron chi connectivity index (χ0n) is 18.0. The minimum absolute atomic E-state index is 0.297. The van der Waals surface area contributed by atoms with Crippen LogP contribution in [0.25, 0.3) is 16.6 Å². The number of halogens is 1. The van der Waals surface area contributed by atoms with Crippen LogP contribution in [0.3, 0.4) is 0 Å². The van der Waals surface area contributed by atoms with Crippen LogP contribution in [0.4, 0.5) is 0 Å². The summed E-state index contributed by atoms with van der Waals surface area (Å²) in [7, 11) is -0.445. The van der Waals surface area contributed by atoms with E-state index in [0.717, 1.165) is 22.2 Å². The van der Waals surface area contributed by atoms with Crippen LogP contribution in [-0.2, 0) is 14.7 Å². The van der Waals surface area contributed by atoms with Crippen molar-refractivity contribution in [3.8, 4) is 5.69 Å². The lowest BCUT2D eigenvalue weighted by Crippen LogP contribution is -2.41. The molecule has 2 aromatic carbocycles. The van der Waals surface area contributed by atoms with E-state index >= 15 is 0 Å². The molecule has 0 atom stereocenters. The first-order valence-electron chi connectivity index (χ1n) is 10.2. The predicted molar refractivity (Wildman–Crippen MR) is 120 cm³/mol. The zero-order chi connectivity index (χ0) is 21.6. The maximum absolute atomic E-state index is 12.8. The standard InChI is InChI=1S/C23H24BClN2O3/c1-21(2)14-12-13(24-29-22(3,4)23(5,6)30-24)10-11-16(14)27-17-9-7-8-15(25)18(17)19(28)26-20(21)27/h7-12H,1-6H3. The third kappa shape index (κ3) is 2.50. The highest BCUT2D eigenvalue weighted by Gasteiger charge is 2.52. The molecule has 30 heavy (non-hydrogen) atoms. The summed E-state index contributed by atoms with van der Waals surface area (Å²) >= 11 is 6.34. The maximum Gasteiger partial charge on any atom is 0.494 e. The number of rotatable bonds is 1. The van der Waals surface area contributed by atoms with E-state index in [4.69, 9.17) is 20.9 Å². The fourth-order valence-corrected chi connectivity index (χ4v) is 4.64. The van der Waals surface area contributed by atoms with Gasteiger partial charge in [0.25, 0.3) is 5.56 Å². The van der Waals surface area contributed by atoms with Gasteiger partial charge in [0, 0.05) is 0 Å². The van der Waals surface area contributed by atoms with E-state index in [-0.39, 0.29) is 5.56 Å². The predicted octanol–water partition coefficient (Wildman–Crippen LogP) is 3.98. The van der Waals surface area contributed by atoms with Gasteiger partial charge < -0.3 is 9.31 Å². The summed E-state index contributed by atoms with van der Waals surface area (Å²) in [5.41, 5.74) is 2.24. The van der Waals surface area contributed by atoms with Gasteiger partial charge in [-0.05, 0) is 70.8 Å². The topological polar surface area (TPSA) is 53.4 Å². The number of fused-ring (bicyclic) bond motifs is 5. The van der Waals surface area contributed by atoms with Gasteiger partial charge in [-0.25, -0.2) is 0 Å².